The number of nitrogens with zero attached hydrogens (tertiary/aromatic N) is 2. The van der Waals surface area contributed by atoms with E-state index >= 15 is 0 Å². The minimum absolute atomic E-state index is 0.292. The van der Waals surface area contributed by atoms with Crippen LogP contribution in [0.25, 0.3) is 11.0 Å². The van der Waals surface area contributed by atoms with E-state index in [4.69, 9.17) is 20.2 Å². The maximum absolute atomic E-state index is 6.27. The molecular weight excluding hydrogens is 278 g/mol. The second kappa shape index (κ2) is 5.47. The number of methoxy groups -OCH3 is 2. The Kier molecular flexibility index (Phi) is 3.77. The normalized spacial score (nSPS) is 15.9. The Morgan fingerprint density at radius 1 is 1.23 bits per heavy atom. The van der Waals surface area contributed by atoms with Gasteiger partial charge in [0.2, 0.25) is 0 Å². The van der Waals surface area contributed by atoms with E-state index < -0.39 is 0 Å². The lowest BCUT2D eigenvalue weighted by Gasteiger charge is -2.28. The van der Waals surface area contributed by atoms with Gasteiger partial charge in [0.15, 0.2) is 11.5 Å². The molecule has 1 aliphatic rings. The van der Waals surface area contributed by atoms with Crippen LogP contribution >= 0.6 is 0 Å². The van der Waals surface area contributed by atoms with Crippen LogP contribution in [0.2, 0.25) is 0 Å². The SMILES string of the molecule is COc1cc2nc(C3CCC3)n(CC(C)(C)N)c2cc1OC. The Morgan fingerprint density at radius 3 is 2.36 bits per heavy atom. The average molecular weight is 303 g/mol. The predicted octanol–water partition coefficient (Wildman–Crippen LogP) is 3.06. The zero-order valence-corrected chi connectivity index (χ0v) is 13.8. The molecule has 1 aromatic heterocycles. The van der Waals surface area contributed by atoms with E-state index in [1.165, 1.54) is 19.3 Å². The fourth-order valence-electron chi connectivity index (χ4n) is 3.02. The van der Waals surface area contributed by atoms with Gasteiger partial charge in [0.25, 0.3) is 0 Å². The summed E-state index contributed by atoms with van der Waals surface area (Å²) in [4.78, 5) is 4.87. The summed E-state index contributed by atoms with van der Waals surface area (Å²) in [6.45, 7) is 4.83. The van der Waals surface area contributed by atoms with Crippen molar-refractivity contribution in [2.45, 2.75) is 51.1 Å². The summed E-state index contributed by atoms with van der Waals surface area (Å²) in [5.41, 5.74) is 7.99. The van der Waals surface area contributed by atoms with Crippen molar-refractivity contribution in [2.24, 2.45) is 5.73 Å². The van der Waals surface area contributed by atoms with Gasteiger partial charge >= 0.3 is 0 Å². The standard InChI is InChI=1S/C17H25N3O2/c1-17(2,18)10-20-13-9-15(22-4)14(21-3)8-12(13)19-16(20)11-6-5-7-11/h8-9,11H,5-7,10,18H2,1-4H3. The molecule has 0 atom stereocenters. The second-order valence-electron chi connectivity index (χ2n) is 6.87. The van der Waals surface area contributed by atoms with Crippen molar-refractivity contribution >= 4 is 11.0 Å². The smallest absolute Gasteiger partial charge is 0.163 e. The van der Waals surface area contributed by atoms with Gasteiger partial charge in [-0.1, -0.05) is 6.42 Å². The summed E-state index contributed by atoms with van der Waals surface area (Å²) in [6.07, 6.45) is 3.71. The third-order valence-corrected chi connectivity index (χ3v) is 4.32. The van der Waals surface area contributed by atoms with Crippen molar-refractivity contribution in [1.82, 2.24) is 9.55 Å². The fourth-order valence-corrected chi connectivity index (χ4v) is 3.02. The number of hydrogen-bond donors (Lipinski definition) is 1. The molecule has 1 aromatic carbocycles. The number of aromatic nitrogens is 2. The van der Waals surface area contributed by atoms with Crippen molar-refractivity contribution < 1.29 is 9.47 Å². The molecule has 1 heterocycles. The Bertz CT molecular complexity index is 681. The highest BCUT2D eigenvalue weighted by Crippen LogP contribution is 2.39. The third-order valence-electron chi connectivity index (χ3n) is 4.32. The van der Waals surface area contributed by atoms with E-state index in [1.807, 2.05) is 26.0 Å². The first-order chi connectivity index (χ1) is 10.4. The zero-order chi connectivity index (χ0) is 15.9. The highest BCUT2D eigenvalue weighted by molar-refractivity contribution is 5.81. The molecule has 0 amide bonds. The van der Waals surface area contributed by atoms with Crippen molar-refractivity contribution in [3.8, 4) is 11.5 Å². The molecule has 1 aliphatic carbocycles. The highest BCUT2D eigenvalue weighted by atomic mass is 16.5. The van der Waals surface area contributed by atoms with Crippen molar-refractivity contribution in [3.63, 3.8) is 0 Å². The molecule has 1 saturated carbocycles. The maximum Gasteiger partial charge on any atom is 0.163 e. The van der Waals surface area contributed by atoms with Crippen LogP contribution in [0.5, 0.6) is 11.5 Å². The summed E-state index contributed by atoms with van der Waals surface area (Å²) >= 11 is 0. The molecule has 2 N–H and O–H groups in total. The summed E-state index contributed by atoms with van der Waals surface area (Å²) in [5.74, 6) is 3.14. The van der Waals surface area contributed by atoms with Crippen LogP contribution in [-0.2, 0) is 6.54 Å². The molecule has 1 fully saturated rings. The van der Waals surface area contributed by atoms with Gasteiger partial charge in [-0.05, 0) is 26.7 Å². The van der Waals surface area contributed by atoms with Crippen LogP contribution in [0.4, 0.5) is 0 Å². The zero-order valence-electron chi connectivity index (χ0n) is 13.8. The van der Waals surface area contributed by atoms with E-state index in [-0.39, 0.29) is 5.54 Å². The predicted molar refractivity (Wildman–Crippen MR) is 87.7 cm³/mol. The lowest BCUT2D eigenvalue weighted by atomic mass is 9.84. The van der Waals surface area contributed by atoms with E-state index in [9.17, 15) is 0 Å². The number of fused-ring (bicyclic) bond motifs is 1. The summed E-state index contributed by atoms with van der Waals surface area (Å²) in [6, 6.07) is 3.96. The van der Waals surface area contributed by atoms with Gasteiger partial charge in [-0.2, -0.15) is 0 Å². The highest BCUT2D eigenvalue weighted by Gasteiger charge is 2.28. The second-order valence-corrected chi connectivity index (χ2v) is 6.87. The van der Waals surface area contributed by atoms with Crippen molar-refractivity contribution in [3.05, 3.63) is 18.0 Å². The van der Waals surface area contributed by atoms with Gasteiger partial charge in [0, 0.05) is 30.1 Å². The molecule has 2 aromatic rings. The molecule has 5 heteroatoms. The molecular formula is C17H25N3O2. The molecule has 3 rings (SSSR count). The molecule has 22 heavy (non-hydrogen) atoms. The van der Waals surface area contributed by atoms with Crippen LogP contribution in [0.1, 0.15) is 44.9 Å². The topological polar surface area (TPSA) is 62.3 Å². The monoisotopic (exact) mass is 303 g/mol. The van der Waals surface area contributed by atoms with Crippen LogP contribution in [-0.4, -0.2) is 29.3 Å². The Labute approximate surface area is 131 Å². The maximum atomic E-state index is 6.27. The lowest BCUT2D eigenvalue weighted by Crippen LogP contribution is -2.38. The van der Waals surface area contributed by atoms with Crippen LogP contribution in [0.3, 0.4) is 0 Å². The van der Waals surface area contributed by atoms with E-state index in [0.29, 0.717) is 11.7 Å². The quantitative estimate of drug-likeness (QED) is 0.922. The minimum atomic E-state index is -0.292. The molecule has 0 spiro atoms. The van der Waals surface area contributed by atoms with E-state index in [1.54, 1.807) is 14.2 Å². The van der Waals surface area contributed by atoms with Gasteiger partial charge < -0.3 is 19.8 Å². The molecule has 0 radical (unpaired) electrons. The van der Waals surface area contributed by atoms with Gasteiger partial charge in [-0.15, -0.1) is 0 Å². The molecule has 120 valence electrons. The number of benzene rings is 1. The Balaban J connectivity index is 2.17. The number of hydrogen-bond acceptors (Lipinski definition) is 4. The van der Waals surface area contributed by atoms with Crippen LogP contribution in [0.15, 0.2) is 12.1 Å². The summed E-state index contributed by atoms with van der Waals surface area (Å²) in [5, 5.41) is 0. The number of imidazole rings is 1. The fraction of sp³-hybridized carbons (Fsp3) is 0.588. The number of rotatable bonds is 5. The van der Waals surface area contributed by atoms with Crippen molar-refractivity contribution in [1.29, 1.82) is 0 Å². The van der Waals surface area contributed by atoms with E-state index in [2.05, 4.69) is 4.57 Å². The van der Waals surface area contributed by atoms with Gasteiger partial charge in [-0.25, -0.2) is 4.98 Å². The first kappa shape index (κ1) is 15.2. The van der Waals surface area contributed by atoms with Gasteiger partial charge in [-0.3, -0.25) is 0 Å². The lowest BCUT2D eigenvalue weighted by molar-refractivity contribution is 0.355. The Hall–Kier alpha value is -1.75. The Morgan fingerprint density at radius 2 is 1.86 bits per heavy atom. The van der Waals surface area contributed by atoms with Gasteiger partial charge in [0.1, 0.15) is 5.82 Å². The number of ether oxygens (including phenoxy) is 2. The van der Waals surface area contributed by atoms with Crippen LogP contribution in [0, 0.1) is 0 Å². The molecule has 0 unspecified atom stereocenters. The first-order valence-electron chi connectivity index (χ1n) is 7.84. The molecule has 5 nitrogen and oxygen atoms in total. The molecule has 0 aliphatic heterocycles. The summed E-state index contributed by atoms with van der Waals surface area (Å²) < 4.78 is 13.1. The molecule has 0 bridgehead atoms. The van der Waals surface area contributed by atoms with Crippen molar-refractivity contribution in [2.75, 3.05) is 14.2 Å². The minimum Gasteiger partial charge on any atom is -0.493 e. The third kappa shape index (κ3) is 2.65. The van der Waals surface area contributed by atoms with Gasteiger partial charge in [0.05, 0.1) is 25.3 Å². The van der Waals surface area contributed by atoms with E-state index in [0.717, 1.165) is 29.2 Å². The average Bonchev–Trinajstić information content (AvgIpc) is 2.71. The summed E-state index contributed by atoms with van der Waals surface area (Å²) in [7, 11) is 3.31. The largest absolute Gasteiger partial charge is 0.493 e. The number of nitrogens with two attached hydrogens (primary N) is 1. The van der Waals surface area contributed by atoms with Crippen LogP contribution < -0.4 is 15.2 Å². The molecule has 0 saturated heterocycles. The first-order valence-corrected chi connectivity index (χ1v) is 7.84.